The van der Waals surface area contributed by atoms with Crippen molar-refractivity contribution < 1.29 is 0 Å². The average Bonchev–Trinajstić information content (AvgIpc) is 1.84. The molecule has 0 aliphatic rings. The fourth-order valence-corrected chi connectivity index (χ4v) is 1.13. The number of nitrogens with two attached hydrogens (primary N) is 1. The van der Waals surface area contributed by atoms with Gasteiger partial charge in [0, 0.05) is 12.1 Å². The van der Waals surface area contributed by atoms with E-state index >= 15 is 0 Å². The first-order valence-corrected chi connectivity index (χ1v) is 4.51. The molecule has 0 bridgehead atoms. The number of rotatable bonds is 3. The summed E-state index contributed by atoms with van der Waals surface area (Å²) in [4.78, 5) is 1.93. The van der Waals surface area contributed by atoms with Gasteiger partial charge in [0.2, 0.25) is 0 Å². The highest BCUT2D eigenvalue weighted by Crippen LogP contribution is 2.12. The molecule has 0 spiro atoms. The van der Waals surface area contributed by atoms with E-state index in [0.29, 0.717) is 0 Å². The molecular weight excluding hydrogens is 150 g/mol. The second-order valence-corrected chi connectivity index (χ2v) is 4.06. The van der Waals surface area contributed by atoms with Crippen LogP contribution < -0.4 is 5.73 Å². The zero-order chi connectivity index (χ0) is 9.78. The van der Waals surface area contributed by atoms with E-state index in [1.807, 2.05) is 4.90 Å². The maximum atomic E-state index is 7.39. The molecule has 0 saturated carbocycles. The quantitative estimate of drug-likeness (QED) is 0.502. The Morgan fingerprint density at radius 2 is 1.92 bits per heavy atom. The van der Waals surface area contributed by atoms with E-state index in [2.05, 4.69) is 27.7 Å². The van der Waals surface area contributed by atoms with E-state index in [4.69, 9.17) is 11.1 Å². The summed E-state index contributed by atoms with van der Waals surface area (Å²) in [6, 6.07) is 0. The molecule has 3 N–H and O–H groups in total. The minimum absolute atomic E-state index is 0.0268. The Bertz CT molecular complexity index is 146. The third kappa shape index (κ3) is 3.60. The van der Waals surface area contributed by atoms with Gasteiger partial charge in [-0.3, -0.25) is 5.41 Å². The molecule has 0 fully saturated rings. The Morgan fingerprint density at radius 1 is 1.42 bits per heavy atom. The molecule has 0 atom stereocenters. The monoisotopic (exact) mass is 171 g/mol. The lowest BCUT2D eigenvalue weighted by Gasteiger charge is -2.36. The normalized spacial score (nSPS) is 11.3. The topological polar surface area (TPSA) is 53.1 Å². The predicted octanol–water partition coefficient (Wildman–Crippen LogP) is 1.78. The zero-order valence-corrected chi connectivity index (χ0v) is 8.65. The van der Waals surface area contributed by atoms with Crippen molar-refractivity contribution >= 4 is 5.96 Å². The van der Waals surface area contributed by atoms with E-state index in [-0.39, 0.29) is 11.5 Å². The lowest BCUT2D eigenvalue weighted by molar-refractivity contribution is 0.230. The molecular formula is C9H21N3. The van der Waals surface area contributed by atoms with Crippen LogP contribution in [0.5, 0.6) is 0 Å². The van der Waals surface area contributed by atoms with E-state index < -0.39 is 0 Å². The third-order valence-electron chi connectivity index (χ3n) is 1.84. The Morgan fingerprint density at radius 3 is 2.17 bits per heavy atom. The van der Waals surface area contributed by atoms with Gasteiger partial charge in [-0.1, -0.05) is 13.3 Å². The molecule has 0 radical (unpaired) electrons. The minimum atomic E-state index is -0.0268. The molecule has 3 nitrogen and oxygen atoms in total. The highest BCUT2D eigenvalue weighted by molar-refractivity contribution is 5.75. The summed E-state index contributed by atoms with van der Waals surface area (Å²) in [5, 5.41) is 7.39. The van der Waals surface area contributed by atoms with Crippen LogP contribution >= 0.6 is 0 Å². The van der Waals surface area contributed by atoms with E-state index in [9.17, 15) is 0 Å². The summed E-state index contributed by atoms with van der Waals surface area (Å²) in [6.45, 7) is 9.24. The second kappa shape index (κ2) is 4.33. The second-order valence-electron chi connectivity index (χ2n) is 4.06. The summed E-state index contributed by atoms with van der Waals surface area (Å²) in [5.41, 5.74) is 5.45. The molecule has 0 saturated heterocycles. The summed E-state index contributed by atoms with van der Waals surface area (Å²) in [7, 11) is 0. The van der Waals surface area contributed by atoms with Crippen LogP contribution in [0, 0.1) is 5.41 Å². The van der Waals surface area contributed by atoms with Gasteiger partial charge in [0.05, 0.1) is 0 Å². The zero-order valence-electron chi connectivity index (χ0n) is 8.65. The van der Waals surface area contributed by atoms with Crippen molar-refractivity contribution in [3.63, 3.8) is 0 Å². The van der Waals surface area contributed by atoms with Gasteiger partial charge in [0.25, 0.3) is 0 Å². The first kappa shape index (κ1) is 11.3. The summed E-state index contributed by atoms with van der Waals surface area (Å²) < 4.78 is 0. The number of hydrogen-bond acceptors (Lipinski definition) is 1. The van der Waals surface area contributed by atoms with Crippen LogP contribution in [0.25, 0.3) is 0 Å². The van der Waals surface area contributed by atoms with E-state index in [1.54, 1.807) is 0 Å². The van der Waals surface area contributed by atoms with E-state index in [0.717, 1.165) is 19.4 Å². The molecule has 0 rings (SSSR count). The summed E-state index contributed by atoms with van der Waals surface area (Å²) in [5.74, 6) is 0.177. The van der Waals surface area contributed by atoms with Crippen LogP contribution in [0.15, 0.2) is 0 Å². The molecule has 0 heterocycles. The Balaban J connectivity index is 4.15. The fourth-order valence-electron chi connectivity index (χ4n) is 1.13. The van der Waals surface area contributed by atoms with Crippen molar-refractivity contribution in [2.24, 2.45) is 5.73 Å². The molecule has 0 aromatic carbocycles. The largest absolute Gasteiger partial charge is 0.370 e. The number of hydrogen-bond donors (Lipinski definition) is 2. The van der Waals surface area contributed by atoms with Gasteiger partial charge in [0.15, 0.2) is 5.96 Å². The number of nitrogens with zero attached hydrogens (tertiary/aromatic N) is 1. The molecule has 0 aromatic heterocycles. The summed E-state index contributed by atoms with van der Waals surface area (Å²) in [6.07, 6.45) is 2.23. The lowest BCUT2D eigenvalue weighted by Crippen LogP contribution is -2.49. The fraction of sp³-hybridized carbons (Fsp3) is 0.889. The minimum Gasteiger partial charge on any atom is -0.370 e. The standard InChI is InChI=1S/C9H21N3/c1-5-6-7-12(8(10)11)9(2,3)4/h5-7H2,1-4H3,(H3,10,11). The van der Waals surface area contributed by atoms with Crippen molar-refractivity contribution in [1.82, 2.24) is 4.90 Å². The molecule has 0 aromatic rings. The smallest absolute Gasteiger partial charge is 0.188 e. The highest BCUT2D eigenvalue weighted by atomic mass is 15.3. The summed E-state index contributed by atoms with van der Waals surface area (Å²) >= 11 is 0. The van der Waals surface area contributed by atoms with Gasteiger partial charge < -0.3 is 10.6 Å². The Kier molecular flexibility index (Phi) is 4.07. The first-order valence-electron chi connectivity index (χ1n) is 4.51. The maximum absolute atomic E-state index is 7.39. The average molecular weight is 171 g/mol. The van der Waals surface area contributed by atoms with Gasteiger partial charge in [-0.05, 0) is 27.2 Å². The molecule has 0 aliphatic carbocycles. The Hall–Kier alpha value is -0.730. The molecule has 0 aliphatic heterocycles. The lowest BCUT2D eigenvalue weighted by atomic mass is 10.1. The SMILES string of the molecule is CCCCN(C(=N)N)C(C)(C)C. The van der Waals surface area contributed by atoms with Crippen LogP contribution in [0.2, 0.25) is 0 Å². The molecule has 72 valence electrons. The molecule has 3 heteroatoms. The number of unbranched alkanes of at least 4 members (excludes halogenated alkanes) is 1. The van der Waals surface area contributed by atoms with Crippen molar-refractivity contribution in [3.05, 3.63) is 0 Å². The van der Waals surface area contributed by atoms with Gasteiger partial charge in [-0.15, -0.1) is 0 Å². The van der Waals surface area contributed by atoms with Crippen LogP contribution in [0.4, 0.5) is 0 Å². The van der Waals surface area contributed by atoms with Gasteiger partial charge >= 0.3 is 0 Å². The first-order chi connectivity index (χ1) is 5.39. The molecule has 12 heavy (non-hydrogen) atoms. The van der Waals surface area contributed by atoms with Crippen molar-refractivity contribution in [2.75, 3.05) is 6.54 Å². The predicted molar refractivity (Wildman–Crippen MR) is 53.3 cm³/mol. The van der Waals surface area contributed by atoms with Crippen molar-refractivity contribution in [2.45, 2.75) is 46.1 Å². The van der Waals surface area contributed by atoms with Gasteiger partial charge in [-0.2, -0.15) is 0 Å². The highest BCUT2D eigenvalue weighted by Gasteiger charge is 2.21. The van der Waals surface area contributed by atoms with Gasteiger partial charge in [-0.25, -0.2) is 0 Å². The van der Waals surface area contributed by atoms with Crippen molar-refractivity contribution in [3.8, 4) is 0 Å². The van der Waals surface area contributed by atoms with Gasteiger partial charge in [0.1, 0.15) is 0 Å². The Labute approximate surface area is 75.4 Å². The van der Waals surface area contributed by atoms with Crippen LogP contribution in [0.1, 0.15) is 40.5 Å². The van der Waals surface area contributed by atoms with Crippen molar-refractivity contribution in [1.29, 1.82) is 5.41 Å². The number of guanidine groups is 1. The third-order valence-corrected chi connectivity index (χ3v) is 1.84. The van der Waals surface area contributed by atoms with Crippen LogP contribution in [-0.4, -0.2) is 22.9 Å². The van der Waals surface area contributed by atoms with Crippen LogP contribution in [-0.2, 0) is 0 Å². The number of nitrogens with one attached hydrogen (secondary N) is 1. The van der Waals surface area contributed by atoms with E-state index in [1.165, 1.54) is 0 Å². The molecule has 0 amide bonds. The maximum Gasteiger partial charge on any atom is 0.188 e. The van der Waals surface area contributed by atoms with Crippen LogP contribution in [0.3, 0.4) is 0 Å². The molecule has 0 unspecified atom stereocenters.